The number of hydrogen-bond acceptors (Lipinski definition) is 11. The number of aliphatic carboxylic acids is 6. The van der Waals surface area contributed by atoms with E-state index in [4.69, 9.17) is 69.9 Å². The molecule has 0 saturated carbocycles. The van der Waals surface area contributed by atoms with Gasteiger partial charge >= 0.3 is 35.8 Å². The smallest absolute Gasteiger partial charge is 0.414 e. The summed E-state index contributed by atoms with van der Waals surface area (Å²) >= 11 is 0. The maximum Gasteiger partial charge on any atom is 0.414 e. The number of likely N-dealkylation sites (tertiary alicyclic amines) is 1. The number of carboxylic acids is 6. The van der Waals surface area contributed by atoms with Gasteiger partial charge in [-0.2, -0.15) is 0 Å². The number of nitrogens with two attached hydrogens (primary N) is 1. The molecule has 1 aliphatic heterocycles. The number of hydrogen-bond donors (Lipinski definition) is 8. The molecular weight excluding hydrogens is 600 g/mol. The zero-order valence-electron chi connectivity index (χ0n) is 24.3. The zero-order valence-corrected chi connectivity index (χ0v) is 24.3. The third kappa shape index (κ3) is 21.8. The van der Waals surface area contributed by atoms with Crippen LogP contribution in [0.3, 0.4) is 0 Å². The van der Waals surface area contributed by atoms with E-state index in [1.165, 1.54) is 37.9 Å². The lowest BCUT2D eigenvalue weighted by Gasteiger charge is -2.26. The summed E-state index contributed by atoms with van der Waals surface area (Å²) < 4.78 is 5.89. The normalized spacial score (nSPS) is 11.8. The molecule has 0 radical (unpaired) electrons. The Hall–Kier alpha value is -5.45. The van der Waals surface area contributed by atoms with E-state index < -0.39 is 35.8 Å². The van der Waals surface area contributed by atoms with Crippen LogP contribution in [0, 0.1) is 0 Å². The molecule has 0 atom stereocenters. The highest BCUT2D eigenvalue weighted by molar-refractivity contribution is 6.28. The quantitative estimate of drug-likeness (QED) is 0.135. The van der Waals surface area contributed by atoms with Gasteiger partial charge in [0.1, 0.15) is 11.6 Å². The molecule has 17 heteroatoms. The van der Waals surface area contributed by atoms with Crippen molar-refractivity contribution in [3.63, 3.8) is 0 Å². The molecule has 0 aliphatic carbocycles. The molecule has 1 saturated heterocycles. The molecule has 248 valence electrons. The molecule has 17 nitrogen and oxygen atoms in total. The summed E-state index contributed by atoms with van der Waals surface area (Å²) in [5.74, 6) is -9.10. The Labute approximate surface area is 257 Å². The highest BCUT2D eigenvalue weighted by Crippen LogP contribution is 2.15. The molecule has 9 N–H and O–H groups in total. The number of carboxylic acid groups (broad SMARTS) is 6. The van der Waals surface area contributed by atoms with Crippen molar-refractivity contribution in [1.82, 2.24) is 9.88 Å². The van der Waals surface area contributed by atoms with E-state index in [9.17, 15) is 0 Å². The van der Waals surface area contributed by atoms with Crippen molar-refractivity contribution in [2.75, 3.05) is 43.8 Å². The van der Waals surface area contributed by atoms with Crippen molar-refractivity contribution in [1.29, 1.82) is 0 Å². The Morgan fingerprint density at radius 3 is 1.69 bits per heavy atom. The van der Waals surface area contributed by atoms with Gasteiger partial charge in [-0.3, -0.25) is 0 Å². The first kappa shape index (κ1) is 39.5. The highest BCUT2D eigenvalue weighted by atomic mass is 16.5. The number of pyridine rings is 1. The van der Waals surface area contributed by atoms with Crippen molar-refractivity contribution in [3.8, 4) is 5.75 Å². The number of nitrogens with one attached hydrogen (secondary N) is 1. The van der Waals surface area contributed by atoms with Crippen LogP contribution in [-0.2, 0) is 35.2 Å². The third-order valence-electron chi connectivity index (χ3n) is 5.54. The topological polar surface area (TPSA) is 287 Å². The largest absolute Gasteiger partial charge is 0.494 e. The van der Waals surface area contributed by atoms with Crippen LogP contribution in [0.4, 0.5) is 11.5 Å². The predicted octanol–water partition coefficient (Wildman–Crippen LogP) is 1.43. The number of carbonyl (C=O) groups is 6. The van der Waals surface area contributed by atoms with Crippen LogP contribution in [0.1, 0.15) is 37.7 Å². The van der Waals surface area contributed by atoms with E-state index in [0.29, 0.717) is 5.69 Å². The van der Waals surface area contributed by atoms with E-state index in [0.717, 1.165) is 50.5 Å². The van der Waals surface area contributed by atoms with Crippen molar-refractivity contribution >= 4 is 47.3 Å². The Balaban J connectivity index is 0.000000878. The number of benzene rings is 1. The molecule has 1 fully saturated rings. The van der Waals surface area contributed by atoms with Crippen LogP contribution in [0.25, 0.3) is 0 Å². The second kappa shape index (κ2) is 23.1. The molecule has 1 aromatic carbocycles. The molecule has 1 aromatic heterocycles. The van der Waals surface area contributed by atoms with Gasteiger partial charge < -0.3 is 51.3 Å². The second-order valence-electron chi connectivity index (χ2n) is 9.09. The van der Waals surface area contributed by atoms with E-state index >= 15 is 0 Å². The first-order valence-corrected chi connectivity index (χ1v) is 13.5. The van der Waals surface area contributed by atoms with Crippen LogP contribution >= 0.6 is 0 Å². The summed E-state index contributed by atoms with van der Waals surface area (Å²) in [5, 5.41) is 47.7. The SMILES string of the molecule is Nc1ccc(NCCCc2ccc(OCCCN3CCCCC3)cc2)nc1.O=C(O)C(=O)O.O=C(O)C(=O)O.O=C(O)C(=O)O. The zero-order chi connectivity index (χ0) is 34.2. The van der Waals surface area contributed by atoms with Gasteiger partial charge in [0.25, 0.3) is 0 Å². The summed E-state index contributed by atoms with van der Waals surface area (Å²) in [6.45, 7) is 5.38. The molecule has 45 heavy (non-hydrogen) atoms. The molecule has 3 rings (SSSR count). The van der Waals surface area contributed by atoms with Crippen LogP contribution in [0.5, 0.6) is 5.75 Å². The fourth-order valence-electron chi connectivity index (χ4n) is 3.43. The minimum absolute atomic E-state index is 0.689. The van der Waals surface area contributed by atoms with Gasteiger partial charge in [0.2, 0.25) is 0 Å². The van der Waals surface area contributed by atoms with Gasteiger partial charge in [-0.25, -0.2) is 33.8 Å². The van der Waals surface area contributed by atoms with Gasteiger partial charge in [0.15, 0.2) is 0 Å². The minimum atomic E-state index is -1.82. The lowest BCUT2D eigenvalue weighted by atomic mass is 10.1. The highest BCUT2D eigenvalue weighted by Gasteiger charge is 2.09. The first-order chi connectivity index (χ1) is 21.2. The second-order valence-corrected chi connectivity index (χ2v) is 9.09. The molecule has 0 bridgehead atoms. The van der Waals surface area contributed by atoms with Crippen LogP contribution in [-0.4, -0.2) is 109 Å². The number of nitrogen functional groups attached to an aromatic ring is 1. The maximum atomic E-state index is 9.10. The Kier molecular flexibility index (Phi) is 20.3. The molecule has 0 spiro atoms. The van der Waals surface area contributed by atoms with E-state index in [1.807, 2.05) is 12.1 Å². The molecule has 2 aromatic rings. The van der Waals surface area contributed by atoms with E-state index in [2.05, 4.69) is 39.5 Å². The summed E-state index contributed by atoms with van der Waals surface area (Å²) in [4.78, 5) is 61.4. The monoisotopic (exact) mass is 638 g/mol. The van der Waals surface area contributed by atoms with Gasteiger partial charge in [0.05, 0.1) is 18.5 Å². The van der Waals surface area contributed by atoms with Crippen molar-refractivity contribution in [2.45, 2.75) is 38.5 Å². The number of piperidine rings is 1. The number of aromatic nitrogens is 1. The fourth-order valence-corrected chi connectivity index (χ4v) is 3.43. The van der Waals surface area contributed by atoms with Gasteiger partial charge in [0, 0.05) is 13.1 Å². The van der Waals surface area contributed by atoms with Crippen LogP contribution in [0.2, 0.25) is 0 Å². The minimum Gasteiger partial charge on any atom is -0.494 e. The van der Waals surface area contributed by atoms with Crippen molar-refractivity contribution < 1.29 is 64.1 Å². The maximum absolute atomic E-state index is 9.10. The van der Waals surface area contributed by atoms with Gasteiger partial charge in [-0.1, -0.05) is 18.6 Å². The number of rotatable bonds is 10. The Morgan fingerprint density at radius 2 is 1.24 bits per heavy atom. The average molecular weight is 639 g/mol. The number of ether oxygens (including phenoxy) is 1. The van der Waals surface area contributed by atoms with Crippen molar-refractivity contribution in [3.05, 3.63) is 48.2 Å². The summed E-state index contributed by atoms with van der Waals surface area (Å²) in [5.41, 5.74) is 7.66. The molecule has 1 aliphatic rings. The molecular formula is C28H38N4O13. The summed E-state index contributed by atoms with van der Waals surface area (Å²) in [6.07, 6.45) is 8.98. The van der Waals surface area contributed by atoms with Crippen LogP contribution in [0.15, 0.2) is 42.6 Å². The van der Waals surface area contributed by atoms with Gasteiger partial charge in [-0.05, 0) is 75.0 Å². The third-order valence-corrected chi connectivity index (χ3v) is 5.54. The molecule has 2 heterocycles. The summed E-state index contributed by atoms with van der Waals surface area (Å²) in [7, 11) is 0. The molecule has 0 unspecified atom stereocenters. The summed E-state index contributed by atoms with van der Waals surface area (Å²) in [6, 6.07) is 12.3. The average Bonchev–Trinajstić information content (AvgIpc) is 3.00. The Bertz CT molecular complexity index is 1120. The Morgan fingerprint density at radius 1 is 0.733 bits per heavy atom. The molecule has 0 amide bonds. The van der Waals surface area contributed by atoms with E-state index in [1.54, 1.807) is 6.20 Å². The standard InChI is InChI=1S/C22H32N4O.3C2H2O4/c23-20-9-12-22(25-18-20)24-13-4-6-19-7-10-21(11-8-19)27-17-5-16-26-14-2-1-3-15-26;3*3-1(4)2(5)6/h7-12,18H,1-6,13-17,23H2,(H,24,25);3*(H,3,4)(H,5,6). The number of aryl methyl sites for hydroxylation is 1. The lowest BCUT2D eigenvalue weighted by molar-refractivity contribution is -0.159. The number of anilines is 2. The van der Waals surface area contributed by atoms with Crippen molar-refractivity contribution in [2.24, 2.45) is 0 Å². The fraction of sp³-hybridized carbons (Fsp3) is 0.393. The lowest BCUT2D eigenvalue weighted by Crippen LogP contribution is -2.31. The van der Waals surface area contributed by atoms with E-state index in [-0.39, 0.29) is 0 Å². The van der Waals surface area contributed by atoms with Crippen LogP contribution < -0.4 is 15.8 Å². The first-order valence-electron chi connectivity index (χ1n) is 13.5. The predicted molar refractivity (Wildman–Crippen MR) is 158 cm³/mol. The number of nitrogens with zero attached hydrogens (tertiary/aromatic N) is 2. The van der Waals surface area contributed by atoms with Gasteiger partial charge in [-0.15, -0.1) is 0 Å².